The van der Waals surface area contributed by atoms with Crippen molar-refractivity contribution < 1.29 is 32.6 Å². The molecule has 1 aliphatic carbocycles. The monoisotopic (exact) mass is 407 g/mol. The fraction of sp³-hybridized carbons (Fsp3) is 0.562. The van der Waals surface area contributed by atoms with Crippen LogP contribution in [0.25, 0.3) is 0 Å². The zero-order chi connectivity index (χ0) is 19.8. The van der Waals surface area contributed by atoms with E-state index in [1.165, 1.54) is 0 Å². The minimum atomic E-state index is -5.08. The number of ether oxygens (including phenoxy) is 1. The third-order valence-corrected chi connectivity index (χ3v) is 4.79. The second-order valence-electron chi connectivity index (χ2n) is 6.53. The van der Waals surface area contributed by atoms with Crippen LogP contribution in [0.2, 0.25) is 5.02 Å². The van der Waals surface area contributed by atoms with Crippen molar-refractivity contribution in [3.05, 3.63) is 17.3 Å². The number of rotatable bonds is 1. The minimum absolute atomic E-state index is 0.0842. The van der Waals surface area contributed by atoms with Crippen LogP contribution in [0.3, 0.4) is 0 Å². The van der Waals surface area contributed by atoms with Gasteiger partial charge in [-0.25, -0.2) is 9.78 Å². The van der Waals surface area contributed by atoms with Crippen LogP contribution in [0.1, 0.15) is 25.7 Å². The molecular formula is C16H17ClF3N3O4. The van der Waals surface area contributed by atoms with Crippen LogP contribution < -0.4 is 15.0 Å². The number of anilines is 1. The van der Waals surface area contributed by atoms with Gasteiger partial charge in [-0.3, -0.25) is 4.79 Å². The van der Waals surface area contributed by atoms with Gasteiger partial charge in [-0.15, -0.1) is 0 Å². The maximum atomic E-state index is 12.8. The Morgan fingerprint density at radius 2 is 1.96 bits per heavy atom. The molecule has 1 spiro atoms. The molecule has 0 bridgehead atoms. The number of piperidine rings is 1. The molecule has 2 aliphatic heterocycles. The average Bonchev–Trinajstić information content (AvgIpc) is 3.38. The number of carbonyl (C=O) groups is 2. The van der Waals surface area contributed by atoms with E-state index in [-0.39, 0.29) is 11.9 Å². The normalized spacial score (nSPS) is 21.0. The summed E-state index contributed by atoms with van der Waals surface area (Å²) in [5.41, 5.74) is 0.0885. The van der Waals surface area contributed by atoms with Crippen molar-refractivity contribution in [1.82, 2.24) is 10.3 Å². The summed E-state index contributed by atoms with van der Waals surface area (Å²) in [6.07, 6.45) is -0.0253. The first-order chi connectivity index (χ1) is 12.6. The lowest BCUT2D eigenvalue weighted by Gasteiger charge is -2.40. The van der Waals surface area contributed by atoms with Crippen molar-refractivity contribution in [1.29, 1.82) is 0 Å². The highest BCUT2D eigenvalue weighted by molar-refractivity contribution is 6.31. The molecule has 0 radical (unpaired) electrons. The second-order valence-corrected chi connectivity index (χ2v) is 6.97. The third kappa shape index (κ3) is 4.11. The van der Waals surface area contributed by atoms with E-state index in [0.29, 0.717) is 10.9 Å². The number of halogens is 4. The second kappa shape index (κ2) is 7.16. The van der Waals surface area contributed by atoms with Crippen LogP contribution in [0.5, 0.6) is 5.88 Å². The van der Waals surface area contributed by atoms with Crippen LogP contribution in [-0.4, -0.2) is 52.9 Å². The summed E-state index contributed by atoms with van der Waals surface area (Å²) in [5.74, 6) is -2.13. The number of fused-ring (bicyclic) bond motifs is 1. The summed E-state index contributed by atoms with van der Waals surface area (Å²) >= 11 is 6.05. The van der Waals surface area contributed by atoms with Gasteiger partial charge in [0.25, 0.3) is 5.91 Å². The number of hydrogen-bond donors (Lipinski definition) is 2. The zero-order valence-electron chi connectivity index (χ0n) is 14.1. The topological polar surface area (TPSA) is 91.8 Å². The Morgan fingerprint density at radius 3 is 2.48 bits per heavy atom. The highest BCUT2D eigenvalue weighted by Gasteiger charge is 2.59. The molecule has 0 atom stereocenters. The summed E-state index contributed by atoms with van der Waals surface area (Å²) in [5, 5.41) is 11.0. The Morgan fingerprint density at radius 1 is 1.37 bits per heavy atom. The summed E-state index contributed by atoms with van der Waals surface area (Å²) < 4.78 is 37.6. The van der Waals surface area contributed by atoms with Gasteiger partial charge in [-0.05, 0) is 32.0 Å². The van der Waals surface area contributed by atoms with Gasteiger partial charge < -0.3 is 20.1 Å². The first-order valence-corrected chi connectivity index (χ1v) is 8.71. The molecule has 2 N–H and O–H groups in total. The summed E-state index contributed by atoms with van der Waals surface area (Å²) in [7, 11) is 0. The van der Waals surface area contributed by atoms with E-state index in [2.05, 4.69) is 10.3 Å². The first-order valence-electron chi connectivity index (χ1n) is 8.33. The van der Waals surface area contributed by atoms with Crippen LogP contribution in [0.15, 0.2) is 12.3 Å². The van der Waals surface area contributed by atoms with Gasteiger partial charge in [0.2, 0.25) is 5.88 Å². The Kier molecular flexibility index (Phi) is 5.22. The molecule has 27 heavy (non-hydrogen) atoms. The lowest BCUT2D eigenvalue weighted by Crippen LogP contribution is -2.54. The number of nitrogens with zero attached hydrogens (tertiary/aromatic N) is 2. The number of carbonyl (C=O) groups excluding carboxylic acids is 1. The lowest BCUT2D eigenvalue weighted by molar-refractivity contribution is -0.192. The summed E-state index contributed by atoms with van der Waals surface area (Å²) in [6.45, 7) is 1.87. The van der Waals surface area contributed by atoms with Crippen LogP contribution in [0.4, 0.5) is 18.9 Å². The zero-order valence-corrected chi connectivity index (χ0v) is 14.8. The van der Waals surface area contributed by atoms with E-state index in [4.69, 9.17) is 26.2 Å². The number of amides is 1. The molecular weight excluding hydrogens is 391 g/mol. The smallest absolute Gasteiger partial charge is 0.475 e. The molecule has 0 unspecified atom stereocenters. The summed E-state index contributed by atoms with van der Waals surface area (Å²) in [6, 6.07) is 2.00. The quantitative estimate of drug-likeness (QED) is 0.742. The largest absolute Gasteiger partial charge is 0.490 e. The fourth-order valence-electron chi connectivity index (χ4n) is 3.08. The van der Waals surface area contributed by atoms with Crippen molar-refractivity contribution in [3.63, 3.8) is 0 Å². The Balaban J connectivity index is 0.000000260. The molecule has 1 aromatic heterocycles. The van der Waals surface area contributed by atoms with Crippen molar-refractivity contribution in [2.24, 2.45) is 0 Å². The van der Waals surface area contributed by atoms with Crippen LogP contribution in [0, 0.1) is 0 Å². The minimum Gasteiger partial charge on any atom is -0.475 e. The van der Waals surface area contributed by atoms with Crippen molar-refractivity contribution in [2.75, 3.05) is 18.0 Å². The number of nitrogens with one attached hydrogen (secondary N) is 1. The summed E-state index contributed by atoms with van der Waals surface area (Å²) in [4.78, 5) is 27.9. The van der Waals surface area contributed by atoms with Crippen molar-refractivity contribution in [2.45, 2.75) is 43.5 Å². The van der Waals surface area contributed by atoms with E-state index in [1.807, 2.05) is 4.90 Å². The maximum Gasteiger partial charge on any atom is 0.490 e. The van der Waals surface area contributed by atoms with Gasteiger partial charge in [-0.2, -0.15) is 13.2 Å². The van der Waals surface area contributed by atoms with E-state index in [0.717, 1.165) is 44.5 Å². The molecule has 11 heteroatoms. The molecule has 0 aromatic carbocycles. The predicted molar refractivity (Wildman–Crippen MR) is 88.9 cm³/mol. The standard InChI is InChI=1S/C14H16ClN3O2.C2HF3O2/c15-9-7-11-12(17-8-9)20-14(3-4-14)13(19)18(11)10-1-5-16-6-2-10;3-2(4,5)1(6)7/h7-8,10,16H,1-6H2;(H,6,7). The molecule has 3 heterocycles. The van der Waals surface area contributed by atoms with Crippen LogP contribution in [-0.2, 0) is 9.59 Å². The highest BCUT2D eigenvalue weighted by Crippen LogP contribution is 2.49. The van der Waals surface area contributed by atoms with E-state index < -0.39 is 17.7 Å². The molecule has 1 saturated carbocycles. The Bertz CT molecular complexity index is 749. The molecule has 1 amide bonds. The molecule has 7 nitrogen and oxygen atoms in total. The SMILES string of the molecule is O=C(O)C(F)(F)F.O=C1N(C2CCNCC2)c2cc(Cl)cnc2OC12CC2. The van der Waals surface area contributed by atoms with Crippen molar-refractivity contribution >= 4 is 29.2 Å². The van der Waals surface area contributed by atoms with Gasteiger partial charge in [-0.1, -0.05) is 11.6 Å². The molecule has 3 aliphatic rings. The number of alkyl halides is 3. The molecule has 1 saturated heterocycles. The molecule has 148 valence electrons. The van der Waals surface area contributed by atoms with Crippen LogP contribution >= 0.6 is 11.6 Å². The first kappa shape index (κ1) is 19.7. The van der Waals surface area contributed by atoms with Gasteiger partial charge in [0, 0.05) is 25.1 Å². The number of aromatic nitrogens is 1. The van der Waals surface area contributed by atoms with Crippen molar-refractivity contribution in [3.8, 4) is 5.88 Å². The lowest BCUT2D eigenvalue weighted by atomic mass is 10.0. The Hall–Kier alpha value is -2.07. The van der Waals surface area contributed by atoms with E-state index in [1.54, 1.807) is 12.3 Å². The number of carboxylic acids is 1. The predicted octanol–water partition coefficient (Wildman–Crippen LogP) is 2.38. The third-order valence-electron chi connectivity index (χ3n) is 4.58. The van der Waals surface area contributed by atoms with Gasteiger partial charge in [0.05, 0.1) is 5.02 Å². The number of aliphatic carboxylic acids is 1. The molecule has 2 fully saturated rings. The van der Waals surface area contributed by atoms with Gasteiger partial charge in [0.15, 0.2) is 5.60 Å². The fourth-order valence-corrected chi connectivity index (χ4v) is 3.23. The maximum absolute atomic E-state index is 12.8. The number of carboxylic acid groups (broad SMARTS) is 1. The van der Waals surface area contributed by atoms with Gasteiger partial charge >= 0.3 is 12.1 Å². The van der Waals surface area contributed by atoms with Gasteiger partial charge in [0.1, 0.15) is 5.69 Å². The number of pyridine rings is 1. The average molecular weight is 408 g/mol. The number of hydrogen-bond acceptors (Lipinski definition) is 5. The molecule has 4 rings (SSSR count). The highest BCUT2D eigenvalue weighted by atomic mass is 35.5. The molecule has 1 aromatic rings. The van der Waals surface area contributed by atoms with E-state index in [9.17, 15) is 18.0 Å². The Labute approximate surface area is 157 Å². The van der Waals surface area contributed by atoms with E-state index >= 15 is 0 Å².